The molecule has 0 radical (unpaired) electrons. The van der Waals surface area contributed by atoms with Gasteiger partial charge in [0, 0.05) is 22.8 Å². The second kappa shape index (κ2) is 9.80. The molecule has 8 nitrogen and oxygen atoms in total. The van der Waals surface area contributed by atoms with Gasteiger partial charge in [-0.05, 0) is 42.8 Å². The molecule has 4 rings (SSSR count). The Morgan fingerprint density at radius 1 is 1.09 bits per heavy atom. The van der Waals surface area contributed by atoms with Crippen molar-refractivity contribution in [2.45, 2.75) is 24.4 Å². The smallest absolute Gasteiger partial charge is 0.232 e. The molecule has 0 aliphatic heterocycles. The predicted octanol–water partition coefficient (Wildman–Crippen LogP) is 4.90. The number of benzene rings is 2. The Kier molecular flexibility index (Phi) is 6.67. The molecular formula is C22H21ClN8S. The number of aryl methyl sites for hydroxylation is 1. The first-order valence-corrected chi connectivity index (χ1v) is 11.2. The number of thioether (sulfide) groups is 1. The van der Waals surface area contributed by atoms with Crippen molar-refractivity contribution >= 4 is 40.9 Å². The van der Waals surface area contributed by atoms with Crippen molar-refractivity contribution in [3.63, 3.8) is 0 Å². The van der Waals surface area contributed by atoms with Crippen LogP contribution in [0.25, 0.3) is 11.4 Å². The molecule has 0 unspecified atom stereocenters. The summed E-state index contributed by atoms with van der Waals surface area (Å²) in [5.74, 6) is 2.28. The number of nitrogens with two attached hydrogens (primary N) is 1. The van der Waals surface area contributed by atoms with Gasteiger partial charge in [0.25, 0.3) is 0 Å². The van der Waals surface area contributed by atoms with Gasteiger partial charge in [0.05, 0.1) is 5.75 Å². The van der Waals surface area contributed by atoms with Crippen LogP contribution >= 0.6 is 23.4 Å². The summed E-state index contributed by atoms with van der Waals surface area (Å²) in [5.41, 5.74) is 8.83. The summed E-state index contributed by atoms with van der Waals surface area (Å²) in [5, 5.41) is 13.3. The fraction of sp³-hybridized carbons (Fsp3) is 0.136. The molecule has 0 fully saturated rings. The molecule has 2 aromatic heterocycles. The summed E-state index contributed by atoms with van der Waals surface area (Å²) in [4.78, 5) is 13.0. The van der Waals surface area contributed by atoms with Crippen LogP contribution < -0.4 is 11.1 Å². The second-order valence-electron chi connectivity index (χ2n) is 6.87. The van der Waals surface area contributed by atoms with Gasteiger partial charge in [-0.25, -0.2) is 0 Å². The number of para-hydroxylation sites is 1. The lowest BCUT2D eigenvalue weighted by Gasteiger charge is -2.10. The normalized spacial score (nSPS) is 10.8. The van der Waals surface area contributed by atoms with Crippen LogP contribution in [0.3, 0.4) is 0 Å². The van der Waals surface area contributed by atoms with Crippen LogP contribution in [0.4, 0.5) is 17.6 Å². The molecule has 0 spiro atoms. The Morgan fingerprint density at radius 2 is 1.88 bits per heavy atom. The van der Waals surface area contributed by atoms with Gasteiger partial charge in [-0.15, -0.1) is 16.8 Å². The molecule has 2 heterocycles. The van der Waals surface area contributed by atoms with Gasteiger partial charge in [0.1, 0.15) is 5.82 Å². The van der Waals surface area contributed by atoms with Crippen LogP contribution in [0.2, 0.25) is 5.02 Å². The van der Waals surface area contributed by atoms with Gasteiger partial charge in [-0.2, -0.15) is 15.0 Å². The van der Waals surface area contributed by atoms with Gasteiger partial charge in [-0.3, -0.25) is 4.57 Å². The van der Waals surface area contributed by atoms with Crippen molar-refractivity contribution in [1.29, 1.82) is 0 Å². The fourth-order valence-corrected chi connectivity index (χ4v) is 3.95. The maximum atomic E-state index is 6.01. The highest BCUT2D eigenvalue weighted by atomic mass is 35.5. The van der Waals surface area contributed by atoms with Crippen LogP contribution in [0.1, 0.15) is 11.4 Å². The molecule has 0 amide bonds. The maximum Gasteiger partial charge on any atom is 0.232 e. The molecule has 2 aromatic carbocycles. The maximum absolute atomic E-state index is 6.01. The Morgan fingerprint density at radius 3 is 2.62 bits per heavy atom. The monoisotopic (exact) mass is 464 g/mol. The number of hydrogen-bond acceptors (Lipinski definition) is 8. The minimum absolute atomic E-state index is 0.154. The highest BCUT2D eigenvalue weighted by Gasteiger charge is 2.15. The van der Waals surface area contributed by atoms with Crippen LogP contribution in [-0.2, 0) is 12.3 Å². The first kappa shape index (κ1) is 21.8. The van der Waals surface area contributed by atoms with Crippen LogP contribution in [0.15, 0.2) is 66.3 Å². The topological polar surface area (TPSA) is 107 Å². The summed E-state index contributed by atoms with van der Waals surface area (Å²) >= 11 is 7.48. The van der Waals surface area contributed by atoms with Crippen molar-refractivity contribution in [3.05, 3.63) is 77.6 Å². The van der Waals surface area contributed by atoms with E-state index in [9.17, 15) is 0 Å². The molecule has 0 aliphatic carbocycles. The minimum atomic E-state index is 0.154. The number of halogens is 1. The highest BCUT2D eigenvalue weighted by Crippen LogP contribution is 2.27. The van der Waals surface area contributed by atoms with Crippen LogP contribution in [0.5, 0.6) is 0 Å². The summed E-state index contributed by atoms with van der Waals surface area (Å²) < 4.78 is 1.98. The third-order valence-electron chi connectivity index (χ3n) is 4.55. The largest absolute Gasteiger partial charge is 0.368 e. The van der Waals surface area contributed by atoms with E-state index in [0.29, 0.717) is 29.1 Å². The third kappa shape index (κ3) is 5.06. The molecule has 4 aromatic rings. The molecule has 32 heavy (non-hydrogen) atoms. The summed E-state index contributed by atoms with van der Waals surface area (Å²) in [6, 6.07) is 15.4. The van der Waals surface area contributed by atoms with Crippen molar-refractivity contribution in [1.82, 2.24) is 29.7 Å². The molecule has 0 atom stereocenters. The Bertz CT molecular complexity index is 1240. The highest BCUT2D eigenvalue weighted by molar-refractivity contribution is 7.98. The van der Waals surface area contributed by atoms with E-state index in [2.05, 4.69) is 37.0 Å². The van der Waals surface area contributed by atoms with E-state index >= 15 is 0 Å². The summed E-state index contributed by atoms with van der Waals surface area (Å²) in [7, 11) is 0. The van der Waals surface area contributed by atoms with Crippen LogP contribution in [-0.4, -0.2) is 29.7 Å². The lowest BCUT2D eigenvalue weighted by molar-refractivity contribution is 0.730. The van der Waals surface area contributed by atoms with E-state index in [1.165, 1.54) is 11.8 Å². The van der Waals surface area contributed by atoms with E-state index in [1.54, 1.807) is 6.08 Å². The van der Waals surface area contributed by atoms with E-state index in [1.807, 2.05) is 60.0 Å². The van der Waals surface area contributed by atoms with Crippen molar-refractivity contribution < 1.29 is 0 Å². The number of nitrogens with zero attached hydrogens (tertiary/aromatic N) is 6. The number of nitrogen functional groups attached to an aromatic ring is 1. The predicted molar refractivity (Wildman–Crippen MR) is 129 cm³/mol. The number of nitrogens with one attached hydrogen (secondary N) is 1. The van der Waals surface area contributed by atoms with Gasteiger partial charge in [-0.1, -0.05) is 47.6 Å². The minimum Gasteiger partial charge on any atom is -0.368 e. The van der Waals surface area contributed by atoms with Gasteiger partial charge >= 0.3 is 0 Å². The molecular weight excluding hydrogens is 444 g/mol. The third-order valence-corrected chi connectivity index (χ3v) is 5.77. The summed E-state index contributed by atoms with van der Waals surface area (Å²) in [6.45, 7) is 6.42. The fourth-order valence-electron chi connectivity index (χ4n) is 3.02. The SMILES string of the molecule is C=CCn1c(SCc2nc(N)nc(Nc3ccccc3C)n2)nnc1-c1ccc(Cl)cc1. The molecule has 3 N–H and O–H groups in total. The first-order valence-electron chi connectivity index (χ1n) is 9.79. The Hall–Kier alpha value is -3.43. The quantitative estimate of drug-likeness (QED) is 0.280. The molecule has 0 saturated carbocycles. The van der Waals surface area contributed by atoms with E-state index in [-0.39, 0.29) is 5.95 Å². The Balaban J connectivity index is 1.54. The molecule has 0 bridgehead atoms. The molecule has 162 valence electrons. The lowest BCUT2D eigenvalue weighted by Crippen LogP contribution is -2.07. The van der Waals surface area contributed by atoms with Crippen molar-refractivity contribution in [2.75, 3.05) is 11.1 Å². The number of aromatic nitrogens is 6. The van der Waals surface area contributed by atoms with Crippen molar-refractivity contribution in [2.24, 2.45) is 0 Å². The standard InChI is InChI=1S/C22H21ClN8S/c1-3-12-31-19(15-8-10-16(23)11-9-15)29-30-22(31)32-13-18-26-20(24)28-21(27-18)25-17-7-5-4-6-14(17)2/h3-11H,1,12-13H2,2H3,(H3,24,25,26,27,28). The average Bonchev–Trinajstić information content (AvgIpc) is 3.17. The zero-order valence-corrected chi connectivity index (χ0v) is 18.9. The first-order chi connectivity index (χ1) is 15.5. The van der Waals surface area contributed by atoms with Gasteiger partial charge in [0.2, 0.25) is 11.9 Å². The Labute approximate surface area is 195 Å². The number of hydrogen-bond donors (Lipinski definition) is 2. The summed E-state index contributed by atoms with van der Waals surface area (Å²) in [6.07, 6.45) is 1.80. The van der Waals surface area contributed by atoms with Gasteiger partial charge < -0.3 is 11.1 Å². The van der Waals surface area contributed by atoms with E-state index in [4.69, 9.17) is 17.3 Å². The van der Waals surface area contributed by atoms with E-state index in [0.717, 1.165) is 27.8 Å². The zero-order valence-electron chi connectivity index (χ0n) is 17.4. The molecule has 0 aliphatic rings. The van der Waals surface area contributed by atoms with Gasteiger partial charge in [0.15, 0.2) is 11.0 Å². The lowest BCUT2D eigenvalue weighted by atomic mass is 10.2. The second-order valence-corrected chi connectivity index (χ2v) is 8.25. The number of rotatable bonds is 8. The molecule has 10 heteroatoms. The zero-order chi connectivity index (χ0) is 22.5. The van der Waals surface area contributed by atoms with Crippen molar-refractivity contribution in [3.8, 4) is 11.4 Å². The number of allylic oxidation sites excluding steroid dienone is 1. The molecule has 0 saturated heterocycles. The van der Waals surface area contributed by atoms with E-state index < -0.39 is 0 Å². The average molecular weight is 465 g/mol. The number of anilines is 3. The van der Waals surface area contributed by atoms with Crippen LogP contribution in [0, 0.1) is 6.92 Å².